The normalized spacial score (nSPS) is 16.0. The monoisotopic (exact) mass is 2000 g/mol. The Morgan fingerprint density at radius 2 is 0.691 bits per heavy atom. The number of nitrogens with two attached hydrogens (primary N) is 2. The van der Waals surface area contributed by atoms with Gasteiger partial charge < -0.3 is 163 Å². The highest BCUT2D eigenvalue weighted by molar-refractivity contribution is 7.98. The van der Waals surface area contributed by atoms with Crippen molar-refractivity contribution in [3.63, 3.8) is 0 Å². The number of imidazole rings is 1. The number of H-pyrrole nitrogens is 1. The molecule has 0 unspecified atom stereocenters. The highest BCUT2D eigenvalue weighted by atomic mass is 32.2. The highest BCUT2D eigenvalue weighted by Crippen LogP contribution is 2.16. The fourth-order valence-corrected chi connectivity index (χ4v) is 13.3. The molecule has 0 aliphatic carbocycles. The second kappa shape index (κ2) is 62.0. The molecule has 0 aliphatic rings. The van der Waals surface area contributed by atoms with Crippen LogP contribution in [0.15, 0.2) is 12.5 Å². The van der Waals surface area contributed by atoms with Crippen molar-refractivity contribution in [2.45, 2.75) is 308 Å². The lowest BCUT2D eigenvalue weighted by Crippen LogP contribution is -2.64. The van der Waals surface area contributed by atoms with Gasteiger partial charge in [-0.15, -0.1) is 0 Å². The van der Waals surface area contributed by atoms with Gasteiger partial charge in [-0.1, -0.05) is 55.4 Å². The molecule has 139 heavy (non-hydrogen) atoms. The second-order valence-corrected chi connectivity index (χ2v) is 35.6. The molecule has 0 saturated heterocycles. The number of aromatic amines is 1. The minimum absolute atomic E-state index is 0.0755. The predicted octanol–water partition coefficient (Wildman–Crippen LogP) is -11.1. The first kappa shape index (κ1) is 124. The number of aliphatic hydroxyl groups is 5. The Labute approximate surface area is 805 Å². The van der Waals surface area contributed by atoms with E-state index in [2.05, 4.69) is 111 Å². The van der Waals surface area contributed by atoms with Crippen molar-refractivity contribution >= 4 is 148 Å². The third kappa shape index (κ3) is 45.8. The van der Waals surface area contributed by atoms with Gasteiger partial charge in [-0.05, 0) is 129 Å². The van der Waals surface area contributed by atoms with Crippen LogP contribution in [0, 0.1) is 29.1 Å². The zero-order valence-electron chi connectivity index (χ0n) is 80.3. The number of amides is 18. The molecule has 0 fully saturated rings. The fraction of sp³-hybridized carbons (Fsp3) is 0.687. The van der Waals surface area contributed by atoms with Gasteiger partial charge in [0.05, 0.1) is 49.9 Å². The molecule has 1 aromatic rings. The van der Waals surface area contributed by atoms with Crippen LogP contribution in [-0.4, -0.2) is 357 Å². The summed E-state index contributed by atoms with van der Waals surface area (Å²) in [7, 11) is 0. The van der Waals surface area contributed by atoms with E-state index in [0.29, 0.717) is 0 Å². The summed E-state index contributed by atoms with van der Waals surface area (Å²) in [6.07, 6.45) is -7.69. The summed E-state index contributed by atoms with van der Waals surface area (Å²) in [5.41, 5.74) is 11.5. The van der Waals surface area contributed by atoms with Gasteiger partial charge in [-0.25, -0.2) is 9.78 Å². The lowest BCUT2D eigenvalue weighted by molar-refractivity contribution is -0.143. The van der Waals surface area contributed by atoms with Crippen LogP contribution in [0.3, 0.4) is 0 Å². The van der Waals surface area contributed by atoms with E-state index in [1.165, 1.54) is 86.6 Å². The summed E-state index contributed by atoms with van der Waals surface area (Å²) >= 11 is 1.19. The molecule has 34 N–H and O–H groups in total. The number of carbonyl (C=O) groups excluding carboxylic acids is 18. The van der Waals surface area contributed by atoms with Crippen LogP contribution in [0.1, 0.15) is 174 Å². The molecule has 1 aromatic heterocycles. The number of hydrogen-bond acceptors (Lipinski definition) is 31. The van der Waals surface area contributed by atoms with Crippen LogP contribution in [-0.2, 0) is 112 Å². The molecule has 0 radical (unpaired) electrons. The summed E-state index contributed by atoms with van der Waals surface area (Å²) in [4.78, 5) is 302. The summed E-state index contributed by atoms with van der Waals surface area (Å²) in [6.45, 7) is 18.1. The molecular weight excluding hydrogens is 1860 g/mol. The number of thioether (sulfide) groups is 1. The smallest absolute Gasteiger partial charge is 0.328 e. The van der Waals surface area contributed by atoms with Crippen molar-refractivity contribution in [1.82, 2.24) is 111 Å². The van der Waals surface area contributed by atoms with E-state index in [1.807, 2.05) is 0 Å². The van der Waals surface area contributed by atoms with Crippen LogP contribution < -0.4 is 112 Å². The van der Waals surface area contributed by atoms with Crippen molar-refractivity contribution in [1.29, 1.82) is 5.41 Å². The van der Waals surface area contributed by atoms with Gasteiger partial charge in [-0.3, -0.25) is 106 Å². The standard InChI is InChI=1S/C83H140N24O31S/c1-34(2)28-51(74(129)104-63(43(14)111)80(135)102-60(37(7)8)77(132)107-64(44(15)112)81(136)103-59(36(5)6)76(131)106-62(42(13)110)79(134)99-52(29-45-30-87-33-90-45)73(128)100-53(32-108)82(137)138)94-54(113)31-89-65(120)38(9)91-66(121)39(10)92-67(122)40(11)93-69(124)50(25-27-139-16)97-72(127)49(21-24-57(118)119)96-71(126)48(20-23-56(116)117)95-70(125)47(18-17-26-88-83(85)86)98-78(133)61(41(12)109)105-75(130)58(35(3)4)101-68(123)46(84)19-22-55(114)115/h30,33-44,46-53,58-64,108-112H,17-29,31-32,84H2,1-16H3,(H,87,90)(H,89,120)(H,91,121)(H,92,122)(H,93,124)(H,94,113)(H,95,125)(H,96,126)(H,97,127)(H,98,133)(H,99,134)(H,100,128)(H,101,123)(H,102,135)(H,103,136)(H,104,129)(H,105,130)(H,106,131)(H,107,132)(H,114,115)(H,116,117)(H,118,119)(H,137,138)(H4,85,86,88)/t38-,39-,40-,41+,42+,43+,44+,46-,47-,48-,49-,50-,51-,52-,53-,58-,59-,60-,61-,62-,63-,64-/m0/s1. The van der Waals surface area contributed by atoms with E-state index >= 15 is 0 Å². The van der Waals surface area contributed by atoms with Crippen molar-refractivity contribution < 1.29 is 151 Å². The number of hydrogen-bond donors (Lipinski definition) is 32. The zero-order valence-corrected chi connectivity index (χ0v) is 81.1. The Hall–Kier alpha value is -13.1. The molecule has 1 heterocycles. The third-order valence-corrected chi connectivity index (χ3v) is 21.5. The Morgan fingerprint density at radius 1 is 0.374 bits per heavy atom. The number of carboxylic acid groups (broad SMARTS) is 4. The first-order valence-corrected chi connectivity index (χ1v) is 46.0. The number of carbonyl (C=O) groups is 22. The topological polar surface area (TPSA) is 891 Å². The lowest BCUT2D eigenvalue weighted by atomic mass is 9.99. The summed E-state index contributed by atoms with van der Waals surface area (Å²) < 4.78 is 0. The van der Waals surface area contributed by atoms with Gasteiger partial charge in [0.2, 0.25) is 106 Å². The average Bonchev–Trinajstić information content (AvgIpc) is 1.50. The van der Waals surface area contributed by atoms with Crippen LogP contribution in [0.25, 0.3) is 0 Å². The number of rotatable bonds is 65. The second-order valence-electron chi connectivity index (χ2n) is 34.6. The summed E-state index contributed by atoms with van der Waals surface area (Å²) in [5.74, 6) is -28.8. The van der Waals surface area contributed by atoms with Gasteiger partial charge in [0.15, 0.2) is 5.96 Å². The van der Waals surface area contributed by atoms with Crippen molar-refractivity contribution in [3.05, 3.63) is 18.2 Å². The van der Waals surface area contributed by atoms with Crippen LogP contribution in [0.4, 0.5) is 0 Å². The fourth-order valence-electron chi connectivity index (χ4n) is 12.8. The largest absolute Gasteiger partial charge is 0.481 e. The van der Waals surface area contributed by atoms with Crippen LogP contribution >= 0.6 is 11.8 Å². The van der Waals surface area contributed by atoms with Gasteiger partial charge in [0.25, 0.3) is 0 Å². The molecule has 55 nitrogen and oxygen atoms in total. The van der Waals surface area contributed by atoms with E-state index in [-0.39, 0.29) is 62.4 Å². The third-order valence-electron chi connectivity index (χ3n) is 20.9. The first-order valence-electron chi connectivity index (χ1n) is 44.6. The maximum absolute atomic E-state index is 14.3. The minimum Gasteiger partial charge on any atom is -0.481 e. The molecule has 56 heteroatoms. The summed E-state index contributed by atoms with van der Waals surface area (Å²) in [5, 5.41) is 143. The van der Waals surface area contributed by atoms with Crippen molar-refractivity contribution in [2.24, 2.45) is 35.1 Å². The number of aromatic nitrogens is 2. The molecule has 0 aromatic carbocycles. The highest BCUT2D eigenvalue weighted by Gasteiger charge is 2.42. The number of aliphatic hydroxyl groups excluding tert-OH is 5. The Morgan fingerprint density at radius 3 is 1.05 bits per heavy atom. The van der Waals surface area contributed by atoms with E-state index in [9.17, 15) is 146 Å². The molecule has 0 saturated carbocycles. The number of guanidine groups is 1. The maximum Gasteiger partial charge on any atom is 0.328 e. The molecule has 0 bridgehead atoms. The predicted molar refractivity (Wildman–Crippen MR) is 491 cm³/mol. The summed E-state index contributed by atoms with van der Waals surface area (Å²) in [6, 6.07) is -29.9. The van der Waals surface area contributed by atoms with Crippen molar-refractivity contribution in [2.75, 3.05) is 31.7 Å². The van der Waals surface area contributed by atoms with Gasteiger partial charge in [-0.2, -0.15) is 11.8 Å². The molecule has 0 aliphatic heterocycles. The molecule has 18 amide bonds. The number of carboxylic acids is 4. The molecule has 1 rings (SSSR count). The van der Waals surface area contributed by atoms with E-state index in [0.717, 1.165) is 27.7 Å². The van der Waals surface area contributed by atoms with Gasteiger partial charge in [0, 0.05) is 44.1 Å². The van der Waals surface area contributed by atoms with Crippen molar-refractivity contribution in [3.8, 4) is 0 Å². The molecule has 22 atom stereocenters. The van der Waals surface area contributed by atoms with E-state index in [4.69, 9.17) is 22.0 Å². The quantitative estimate of drug-likeness (QED) is 0.0164. The van der Waals surface area contributed by atoms with Crippen LogP contribution in [0.5, 0.6) is 0 Å². The Bertz CT molecular complexity index is 4370. The zero-order chi connectivity index (χ0) is 106. The molecule has 784 valence electrons. The van der Waals surface area contributed by atoms with Gasteiger partial charge >= 0.3 is 23.9 Å². The first-order chi connectivity index (χ1) is 64.7. The Kier molecular flexibility index (Phi) is 55.3. The number of nitrogens with zero attached hydrogens (tertiary/aromatic N) is 1. The lowest BCUT2D eigenvalue weighted by Gasteiger charge is -2.31. The maximum atomic E-state index is 14.3. The molecule has 0 spiro atoms. The number of nitrogens with one attached hydrogen (secondary N) is 21. The molecular formula is C83H140N24O31S. The average molecular weight is 2000 g/mol. The van der Waals surface area contributed by atoms with Crippen LogP contribution in [0.2, 0.25) is 0 Å². The Balaban J connectivity index is 3.31. The van der Waals surface area contributed by atoms with E-state index in [1.54, 1.807) is 20.1 Å². The SMILES string of the molecule is CSCC[C@H](NC(=O)[C@H](CCC(=O)O)NC(=O)[C@H](CCC(=O)O)NC(=O)[C@H](CCCNC(=N)N)NC(=O)[C@@H](NC(=O)[C@@H](NC(=O)[C@@H](N)CCC(=O)O)C(C)C)[C@@H](C)O)C(=O)N[C@@H](C)C(=O)N[C@@H](C)C(=O)N[C@@H](C)C(=O)NCC(=O)N[C@@H](CC(C)C)C(=O)N[C@H](C(=O)N[C@H](C(=O)N[C@H](C(=O)N[C@H](C(=O)N[C@H](C(=O)N[C@@H](Cc1cnc[nH]1)C(=O)N[C@@H](CO)C(=O)O)[C@@H](C)O)C(C)C)[C@@H](C)O)C(C)C)[C@@H](C)O. The number of aliphatic carboxylic acids is 4. The van der Waals surface area contributed by atoms with Gasteiger partial charge in [0.1, 0.15) is 103 Å². The minimum atomic E-state index is -1.91. The van der Waals surface area contributed by atoms with E-state index < -0.39 is 332 Å².